The number of methoxy groups -OCH3 is 1. The van der Waals surface area contributed by atoms with E-state index in [1.807, 2.05) is 0 Å². The van der Waals surface area contributed by atoms with E-state index >= 15 is 0 Å². The summed E-state index contributed by atoms with van der Waals surface area (Å²) in [4.78, 5) is 23.6. The van der Waals surface area contributed by atoms with E-state index in [1.54, 1.807) is 18.2 Å². The molecule has 0 saturated heterocycles. The number of rotatable bonds is 4. The second kappa shape index (κ2) is 6.09. The third kappa shape index (κ3) is 3.20. The molecular weight excluding hydrogens is 272 g/mol. The normalized spacial score (nSPS) is 10.0. The standard InChI is InChI=1S/C16H14O5/c1-10(17)12-5-3-4-6-13(12)16(19)21-11-7-8-15(20-2)14(18)9-11/h3-9,18H,1-2H3. The fourth-order valence-electron chi connectivity index (χ4n) is 1.86. The smallest absolute Gasteiger partial charge is 0.344 e. The van der Waals surface area contributed by atoms with Gasteiger partial charge in [-0.05, 0) is 25.1 Å². The summed E-state index contributed by atoms with van der Waals surface area (Å²) in [5.41, 5.74) is 0.473. The second-order valence-electron chi connectivity index (χ2n) is 4.32. The topological polar surface area (TPSA) is 72.8 Å². The van der Waals surface area contributed by atoms with Gasteiger partial charge in [-0.3, -0.25) is 4.79 Å². The van der Waals surface area contributed by atoms with Crippen LogP contribution in [0, 0.1) is 0 Å². The lowest BCUT2D eigenvalue weighted by molar-refractivity contribution is 0.0729. The number of esters is 1. The number of carbonyl (C=O) groups is 2. The Labute approximate surface area is 121 Å². The fraction of sp³-hybridized carbons (Fsp3) is 0.125. The van der Waals surface area contributed by atoms with E-state index in [9.17, 15) is 14.7 Å². The number of ether oxygens (including phenoxy) is 2. The molecule has 0 aliphatic rings. The van der Waals surface area contributed by atoms with E-state index in [-0.39, 0.29) is 28.6 Å². The van der Waals surface area contributed by atoms with E-state index in [2.05, 4.69) is 0 Å². The van der Waals surface area contributed by atoms with Crippen molar-refractivity contribution in [1.82, 2.24) is 0 Å². The number of hydrogen-bond acceptors (Lipinski definition) is 5. The minimum Gasteiger partial charge on any atom is -0.504 e. The van der Waals surface area contributed by atoms with E-state index in [0.717, 1.165) is 0 Å². The fourth-order valence-corrected chi connectivity index (χ4v) is 1.86. The predicted molar refractivity (Wildman–Crippen MR) is 76.1 cm³/mol. The molecule has 108 valence electrons. The third-order valence-corrected chi connectivity index (χ3v) is 2.89. The van der Waals surface area contributed by atoms with Gasteiger partial charge in [-0.2, -0.15) is 0 Å². The van der Waals surface area contributed by atoms with Crippen molar-refractivity contribution in [2.24, 2.45) is 0 Å². The van der Waals surface area contributed by atoms with Crippen LogP contribution in [0.4, 0.5) is 0 Å². The molecule has 0 aliphatic carbocycles. The van der Waals surface area contributed by atoms with Crippen LogP contribution in [0.25, 0.3) is 0 Å². The summed E-state index contributed by atoms with van der Waals surface area (Å²) in [5, 5.41) is 9.65. The lowest BCUT2D eigenvalue weighted by atomic mass is 10.0. The Balaban J connectivity index is 2.26. The number of Topliss-reactive ketones (excluding diaryl/α,β-unsaturated/α-hetero) is 1. The first kappa shape index (κ1) is 14.6. The molecule has 0 aromatic heterocycles. The average molecular weight is 286 g/mol. The van der Waals surface area contributed by atoms with Crippen LogP contribution in [0.2, 0.25) is 0 Å². The predicted octanol–water partition coefficient (Wildman–Crippen LogP) is 2.82. The third-order valence-electron chi connectivity index (χ3n) is 2.89. The minimum absolute atomic E-state index is 0.136. The quantitative estimate of drug-likeness (QED) is 0.531. The van der Waals surface area contributed by atoms with E-state index in [0.29, 0.717) is 5.56 Å². The van der Waals surface area contributed by atoms with Gasteiger partial charge < -0.3 is 14.6 Å². The summed E-state index contributed by atoms with van der Waals surface area (Å²) in [5.74, 6) is -0.580. The summed E-state index contributed by atoms with van der Waals surface area (Å²) in [6.07, 6.45) is 0. The molecule has 0 unspecified atom stereocenters. The molecule has 0 spiro atoms. The zero-order valence-corrected chi connectivity index (χ0v) is 11.6. The van der Waals surface area contributed by atoms with Crippen molar-refractivity contribution in [2.75, 3.05) is 7.11 Å². The van der Waals surface area contributed by atoms with Crippen LogP contribution in [0.1, 0.15) is 27.6 Å². The van der Waals surface area contributed by atoms with Gasteiger partial charge in [-0.15, -0.1) is 0 Å². The maximum Gasteiger partial charge on any atom is 0.344 e. The Morgan fingerprint density at radius 2 is 1.71 bits per heavy atom. The van der Waals surface area contributed by atoms with Crippen LogP contribution in [0.3, 0.4) is 0 Å². The monoisotopic (exact) mass is 286 g/mol. The van der Waals surface area contributed by atoms with E-state index in [4.69, 9.17) is 9.47 Å². The maximum atomic E-state index is 12.1. The lowest BCUT2D eigenvalue weighted by Crippen LogP contribution is -2.13. The summed E-state index contributed by atoms with van der Waals surface area (Å²) in [6.45, 7) is 1.38. The minimum atomic E-state index is -0.662. The SMILES string of the molecule is COc1ccc(OC(=O)c2ccccc2C(C)=O)cc1O. The molecule has 0 bridgehead atoms. The number of carbonyl (C=O) groups excluding carboxylic acids is 2. The van der Waals surface area contributed by atoms with Crippen molar-refractivity contribution in [1.29, 1.82) is 0 Å². The number of ketones is 1. The van der Waals surface area contributed by atoms with Crippen molar-refractivity contribution >= 4 is 11.8 Å². The van der Waals surface area contributed by atoms with Gasteiger partial charge in [0.15, 0.2) is 17.3 Å². The number of benzene rings is 2. The highest BCUT2D eigenvalue weighted by molar-refractivity contribution is 6.05. The zero-order chi connectivity index (χ0) is 15.4. The highest BCUT2D eigenvalue weighted by Gasteiger charge is 2.16. The first-order valence-electron chi connectivity index (χ1n) is 6.22. The van der Waals surface area contributed by atoms with Crippen LogP contribution in [-0.4, -0.2) is 24.0 Å². The highest BCUT2D eigenvalue weighted by atomic mass is 16.5. The molecule has 0 radical (unpaired) electrons. The highest BCUT2D eigenvalue weighted by Crippen LogP contribution is 2.30. The van der Waals surface area contributed by atoms with Gasteiger partial charge in [0.1, 0.15) is 5.75 Å². The molecule has 0 fully saturated rings. The largest absolute Gasteiger partial charge is 0.504 e. The average Bonchev–Trinajstić information content (AvgIpc) is 2.47. The van der Waals surface area contributed by atoms with Gasteiger partial charge >= 0.3 is 5.97 Å². The number of phenolic OH excluding ortho intramolecular Hbond substituents is 1. The van der Waals surface area contributed by atoms with Crippen molar-refractivity contribution in [3.05, 3.63) is 53.6 Å². The molecule has 2 rings (SSSR count). The first-order chi connectivity index (χ1) is 10.0. The zero-order valence-electron chi connectivity index (χ0n) is 11.6. The number of aromatic hydroxyl groups is 1. The van der Waals surface area contributed by atoms with Crippen molar-refractivity contribution in [3.63, 3.8) is 0 Å². The molecule has 1 N–H and O–H groups in total. The molecule has 21 heavy (non-hydrogen) atoms. The molecule has 0 amide bonds. The van der Waals surface area contributed by atoms with Gasteiger partial charge in [0.25, 0.3) is 0 Å². The molecular formula is C16H14O5. The van der Waals surface area contributed by atoms with Crippen molar-refractivity contribution in [2.45, 2.75) is 6.92 Å². The Hall–Kier alpha value is -2.82. The van der Waals surface area contributed by atoms with Gasteiger partial charge in [-0.25, -0.2) is 4.79 Å². The lowest BCUT2D eigenvalue weighted by Gasteiger charge is -2.09. The summed E-state index contributed by atoms with van der Waals surface area (Å²) in [6, 6.07) is 10.6. The Morgan fingerprint density at radius 3 is 2.29 bits per heavy atom. The van der Waals surface area contributed by atoms with Gasteiger partial charge in [0, 0.05) is 11.6 Å². The van der Waals surface area contributed by atoms with Crippen LogP contribution in [0.5, 0.6) is 17.2 Å². The molecule has 0 saturated carbocycles. The van der Waals surface area contributed by atoms with E-state index < -0.39 is 5.97 Å². The van der Waals surface area contributed by atoms with Crippen LogP contribution < -0.4 is 9.47 Å². The Bertz CT molecular complexity index is 691. The number of phenols is 1. The van der Waals surface area contributed by atoms with Gasteiger partial charge in [0.05, 0.1) is 12.7 Å². The molecule has 0 heterocycles. The summed E-state index contributed by atoms with van der Waals surface area (Å²) < 4.78 is 10.1. The van der Waals surface area contributed by atoms with Gasteiger partial charge in [-0.1, -0.05) is 18.2 Å². The molecule has 2 aromatic rings. The number of hydrogen-bond donors (Lipinski definition) is 1. The summed E-state index contributed by atoms with van der Waals surface area (Å²) in [7, 11) is 1.42. The Morgan fingerprint density at radius 1 is 1.05 bits per heavy atom. The van der Waals surface area contributed by atoms with Crippen LogP contribution >= 0.6 is 0 Å². The van der Waals surface area contributed by atoms with Crippen LogP contribution in [-0.2, 0) is 0 Å². The summed E-state index contributed by atoms with van der Waals surface area (Å²) >= 11 is 0. The Kier molecular flexibility index (Phi) is 4.23. The van der Waals surface area contributed by atoms with E-state index in [1.165, 1.54) is 38.3 Å². The molecule has 0 atom stereocenters. The molecule has 5 heteroatoms. The maximum absolute atomic E-state index is 12.1. The second-order valence-corrected chi connectivity index (χ2v) is 4.32. The molecule has 5 nitrogen and oxygen atoms in total. The van der Waals surface area contributed by atoms with Gasteiger partial charge in [0.2, 0.25) is 0 Å². The first-order valence-corrected chi connectivity index (χ1v) is 6.22. The van der Waals surface area contributed by atoms with Crippen LogP contribution in [0.15, 0.2) is 42.5 Å². The molecule has 2 aromatic carbocycles. The van der Waals surface area contributed by atoms with Crippen molar-refractivity contribution < 1.29 is 24.2 Å². The van der Waals surface area contributed by atoms with Crippen molar-refractivity contribution in [3.8, 4) is 17.2 Å². The molecule has 0 aliphatic heterocycles.